The quantitative estimate of drug-likeness (QED) is 0.766. The van der Waals surface area contributed by atoms with E-state index < -0.39 is 0 Å². The Kier molecular flexibility index (Phi) is 5.46. The molecule has 0 atom stereocenters. The van der Waals surface area contributed by atoms with Crippen LogP contribution in [0.25, 0.3) is 0 Å². The Balaban J connectivity index is 1.57. The summed E-state index contributed by atoms with van der Waals surface area (Å²) in [6.45, 7) is 4.02. The zero-order valence-corrected chi connectivity index (χ0v) is 11.9. The lowest BCUT2D eigenvalue weighted by molar-refractivity contribution is -0.0246. The van der Waals surface area contributed by atoms with Crippen molar-refractivity contribution in [2.75, 3.05) is 33.4 Å². The third-order valence-electron chi connectivity index (χ3n) is 4.76. The maximum atomic E-state index is 10.5. The third-order valence-corrected chi connectivity index (χ3v) is 4.76. The lowest BCUT2D eigenvalue weighted by Gasteiger charge is -2.36. The van der Waals surface area contributed by atoms with Gasteiger partial charge in [-0.1, -0.05) is 19.3 Å². The summed E-state index contributed by atoms with van der Waals surface area (Å²) in [7, 11) is 2.14. The van der Waals surface area contributed by atoms with Crippen LogP contribution < -0.4 is 0 Å². The number of unbranched alkanes of at least 4 members (excludes halogenated alkanes) is 1. The summed E-state index contributed by atoms with van der Waals surface area (Å²) in [6, 6.07) is 0. The average molecular weight is 255 g/mol. The van der Waals surface area contributed by atoms with Crippen molar-refractivity contribution in [3.8, 4) is 0 Å². The molecule has 3 nitrogen and oxygen atoms in total. The van der Waals surface area contributed by atoms with Gasteiger partial charge in [0.05, 0.1) is 5.60 Å². The minimum atomic E-state index is -0.359. The molecule has 2 aliphatic rings. The predicted octanol–water partition coefficient (Wildman–Crippen LogP) is 2.43. The Bertz CT molecular complexity index is 231. The summed E-state index contributed by atoms with van der Waals surface area (Å²) in [5, 5.41) is 10.5. The number of likely N-dealkylation sites (tertiary alicyclic amines) is 1. The van der Waals surface area contributed by atoms with Crippen LogP contribution in [0, 0.1) is 5.92 Å². The summed E-state index contributed by atoms with van der Waals surface area (Å²) in [4.78, 5) is 2.32. The van der Waals surface area contributed by atoms with Crippen LogP contribution in [-0.4, -0.2) is 49.0 Å². The molecule has 2 saturated heterocycles. The van der Waals surface area contributed by atoms with E-state index in [-0.39, 0.29) is 5.60 Å². The van der Waals surface area contributed by atoms with Gasteiger partial charge in [-0.15, -0.1) is 0 Å². The molecule has 2 fully saturated rings. The molecule has 0 aromatic rings. The van der Waals surface area contributed by atoms with Gasteiger partial charge in [-0.05, 0) is 45.1 Å². The molecule has 0 radical (unpaired) electrons. The van der Waals surface area contributed by atoms with Gasteiger partial charge in [0.25, 0.3) is 0 Å². The second-order valence-corrected chi connectivity index (χ2v) is 6.33. The van der Waals surface area contributed by atoms with Crippen LogP contribution >= 0.6 is 0 Å². The Labute approximate surface area is 112 Å². The first kappa shape index (κ1) is 14.3. The normalized spacial score (nSPS) is 26.3. The lowest BCUT2D eigenvalue weighted by Crippen LogP contribution is -2.42. The summed E-state index contributed by atoms with van der Waals surface area (Å²) in [6.07, 6.45) is 9.22. The Morgan fingerprint density at radius 1 is 1.17 bits per heavy atom. The van der Waals surface area contributed by atoms with Crippen molar-refractivity contribution in [2.45, 2.75) is 57.0 Å². The summed E-state index contributed by atoms with van der Waals surface area (Å²) >= 11 is 0. The molecule has 0 aromatic heterocycles. The molecule has 0 spiro atoms. The van der Waals surface area contributed by atoms with E-state index in [2.05, 4.69) is 11.9 Å². The topological polar surface area (TPSA) is 32.7 Å². The number of rotatable bonds is 5. The minimum Gasteiger partial charge on any atom is -0.390 e. The zero-order valence-electron chi connectivity index (χ0n) is 11.9. The van der Waals surface area contributed by atoms with Crippen LogP contribution in [0.5, 0.6) is 0 Å². The maximum absolute atomic E-state index is 10.5. The monoisotopic (exact) mass is 255 g/mol. The highest BCUT2D eigenvalue weighted by molar-refractivity contribution is 4.84. The van der Waals surface area contributed by atoms with Gasteiger partial charge in [0, 0.05) is 26.3 Å². The Hall–Kier alpha value is -0.120. The van der Waals surface area contributed by atoms with Gasteiger partial charge < -0.3 is 14.7 Å². The number of piperidine rings is 1. The summed E-state index contributed by atoms with van der Waals surface area (Å²) < 4.78 is 5.38. The van der Waals surface area contributed by atoms with Crippen molar-refractivity contribution in [1.82, 2.24) is 4.90 Å². The summed E-state index contributed by atoms with van der Waals surface area (Å²) in [5.74, 6) is 0.880. The van der Waals surface area contributed by atoms with E-state index in [4.69, 9.17) is 4.74 Å². The molecule has 3 heteroatoms. The van der Waals surface area contributed by atoms with Gasteiger partial charge in [0.2, 0.25) is 0 Å². The number of hydrogen-bond acceptors (Lipinski definition) is 3. The molecule has 1 N–H and O–H groups in total. The molecule has 2 rings (SSSR count). The molecule has 2 heterocycles. The first-order valence-electron chi connectivity index (χ1n) is 7.67. The number of aliphatic hydroxyl groups is 1. The van der Waals surface area contributed by atoms with Gasteiger partial charge in [-0.25, -0.2) is 0 Å². The molecule has 106 valence electrons. The van der Waals surface area contributed by atoms with Gasteiger partial charge in [-0.3, -0.25) is 0 Å². The van der Waals surface area contributed by atoms with E-state index in [1.165, 1.54) is 32.1 Å². The largest absolute Gasteiger partial charge is 0.390 e. The predicted molar refractivity (Wildman–Crippen MR) is 73.7 cm³/mol. The Morgan fingerprint density at radius 3 is 2.50 bits per heavy atom. The van der Waals surface area contributed by atoms with Crippen molar-refractivity contribution in [3.05, 3.63) is 0 Å². The molecular formula is C15H29NO2. The molecular weight excluding hydrogens is 226 g/mol. The van der Waals surface area contributed by atoms with Gasteiger partial charge in [-0.2, -0.15) is 0 Å². The van der Waals surface area contributed by atoms with Crippen molar-refractivity contribution < 1.29 is 9.84 Å². The van der Waals surface area contributed by atoms with Crippen LogP contribution in [-0.2, 0) is 4.74 Å². The molecule has 0 unspecified atom stereocenters. The van der Waals surface area contributed by atoms with Gasteiger partial charge in [0.1, 0.15) is 0 Å². The van der Waals surface area contributed by atoms with Crippen molar-refractivity contribution in [1.29, 1.82) is 0 Å². The number of nitrogens with zero attached hydrogens (tertiary/aromatic N) is 1. The molecule has 2 aliphatic heterocycles. The summed E-state index contributed by atoms with van der Waals surface area (Å²) in [5.41, 5.74) is -0.359. The fraction of sp³-hybridized carbons (Fsp3) is 1.00. The van der Waals surface area contributed by atoms with Crippen LogP contribution in [0.3, 0.4) is 0 Å². The van der Waals surface area contributed by atoms with Crippen LogP contribution in [0.2, 0.25) is 0 Å². The second-order valence-electron chi connectivity index (χ2n) is 6.33. The molecule has 0 amide bonds. The number of ether oxygens (including phenoxy) is 1. The average Bonchev–Trinajstić information content (AvgIpc) is 2.40. The molecule has 0 saturated carbocycles. The molecule has 18 heavy (non-hydrogen) atoms. The first-order chi connectivity index (χ1) is 8.68. The van der Waals surface area contributed by atoms with Crippen molar-refractivity contribution in [2.24, 2.45) is 5.92 Å². The zero-order chi connectivity index (χ0) is 12.8. The van der Waals surface area contributed by atoms with Crippen LogP contribution in [0.15, 0.2) is 0 Å². The SMILES string of the molecule is CN1CCC(O)(CCCCC2CCOCC2)CC1. The van der Waals surface area contributed by atoms with Crippen molar-refractivity contribution in [3.63, 3.8) is 0 Å². The van der Waals surface area contributed by atoms with E-state index in [1.54, 1.807) is 0 Å². The van der Waals surface area contributed by atoms with E-state index in [0.29, 0.717) is 0 Å². The van der Waals surface area contributed by atoms with Gasteiger partial charge in [0.15, 0.2) is 0 Å². The fourth-order valence-electron chi connectivity index (χ4n) is 3.21. The molecule has 0 bridgehead atoms. The van der Waals surface area contributed by atoms with Crippen molar-refractivity contribution >= 4 is 0 Å². The van der Waals surface area contributed by atoms with E-state index in [9.17, 15) is 5.11 Å². The van der Waals surface area contributed by atoms with Crippen LogP contribution in [0.4, 0.5) is 0 Å². The molecule has 0 aromatic carbocycles. The Morgan fingerprint density at radius 2 is 1.83 bits per heavy atom. The highest BCUT2D eigenvalue weighted by Crippen LogP contribution is 2.28. The van der Waals surface area contributed by atoms with E-state index in [0.717, 1.165) is 51.5 Å². The highest BCUT2D eigenvalue weighted by Gasteiger charge is 2.30. The van der Waals surface area contributed by atoms with Crippen LogP contribution in [0.1, 0.15) is 51.4 Å². The number of hydrogen-bond donors (Lipinski definition) is 1. The minimum absolute atomic E-state index is 0.359. The first-order valence-corrected chi connectivity index (χ1v) is 7.67. The smallest absolute Gasteiger partial charge is 0.0672 e. The second kappa shape index (κ2) is 6.88. The van der Waals surface area contributed by atoms with E-state index >= 15 is 0 Å². The standard InChI is InChI=1S/C15H29NO2/c1-16-10-8-15(17,9-11-16)7-3-2-4-14-5-12-18-13-6-14/h14,17H,2-13H2,1H3. The maximum Gasteiger partial charge on any atom is 0.0672 e. The van der Waals surface area contributed by atoms with Gasteiger partial charge >= 0.3 is 0 Å². The third kappa shape index (κ3) is 4.52. The molecule has 0 aliphatic carbocycles. The lowest BCUT2D eigenvalue weighted by atomic mass is 9.85. The fourth-order valence-corrected chi connectivity index (χ4v) is 3.21. The highest BCUT2D eigenvalue weighted by atomic mass is 16.5. The van der Waals surface area contributed by atoms with E-state index in [1.807, 2.05) is 0 Å².